The van der Waals surface area contributed by atoms with Gasteiger partial charge in [0.25, 0.3) is 0 Å². The second-order valence-corrected chi connectivity index (χ2v) is 4.80. The van der Waals surface area contributed by atoms with Crippen LogP contribution in [-0.2, 0) is 5.11 Å². The van der Waals surface area contributed by atoms with Crippen molar-refractivity contribution in [1.82, 2.24) is 0 Å². The summed E-state index contributed by atoms with van der Waals surface area (Å²) >= 11 is 0. The van der Waals surface area contributed by atoms with Gasteiger partial charge in [0, 0.05) is 0 Å². The molecule has 1 nitrogen and oxygen atoms in total. The van der Waals surface area contributed by atoms with E-state index in [1.165, 1.54) is 6.42 Å². The van der Waals surface area contributed by atoms with Crippen LogP contribution in [0.2, 0.25) is 0 Å². The van der Waals surface area contributed by atoms with Crippen molar-refractivity contribution in [3.05, 3.63) is 0 Å². The smallest absolute Gasteiger partial charge is 0.108 e. The van der Waals surface area contributed by atoms with Gasteiger partial charge in [-0.1, -0.05) is 40.0 Å². The molecule has 0 aromatic heterocycles. The molecular formula is C10H19O. The van der Waals surface area contributed by atoms with Crippen molar-refractivity contribution in [2.75, 3.05) is 0 Å². The summed E-state index contributed by atoms with van der Waals surface area (Å²) in [5.41, 5.74) is -0.682. The summed E-state index contributed by atoms with van der Waals surface area (Å²) in [6, 6.07) is 0. The van der Waals surface area contributed by atoms with Crippen LogP contribution in [0.3, 0.4) is 0 Å². The number of hydrogen-bond donors (Lipinski definition) is 0. The highest BCUT2D eigenvalue weighted by Gasteiger charge is 2.42. The highest BCUT2D eigenvalue weighted by molar-refractivity contribution is 4.92. The Labute approximate surface area is 69.8 Å². The zero-order chi connectivity index (χ0) is 8.54. The molecule has 0 spiro atoms. The van der Waals surface area contributed by atoms with Gasteiger partial charge in [0.05, 0.1) is 0 Å². The van der Waals surface area contributed by atoms with Gasteiger partial charge in [-0.15, -0.1) is 0 Å². The van der Waals surface area contributed by atoms with Gasteiger partial charge in [-0.3, -0.25) is 0 Å². The van der Waals surface area contributed by atoms with Gasteiger partial charge in [-0.05, 0) is 18.3 Å². The zero-order valence-corrected chi connectivity index (χ0v) is 7.94. The van der Waals surface area contributed by atoms with Crippen molar-refractivity contribution < 1.29 is 5.11 Å². The normalized spacial score (nSPS) is 25.1. The van der Waals surface area contributed by atoms with E-state index < -0.39 is 5.60 Å². The standard InChI is InChI=1S/C10H19O/c1-9(2,3)10(11)7-5-4-6-8-10/h4-8H2,1-3H3. The molecule has 1 aliphatic rings. The van der Waals surface area contributed by atoms with Gasteiger partial charge in [-0.2, -0.15) is 0 Å². The van der Waals surface area contributed by atoms with Crippen molar-refractivity contribution in [2.24, 2.45) is 5.41 Å². The van der Waals surface area contributed by atoms with E-state index in [2.05, 4.69) is 20.8 Å². The summed E-state index contributed by atoms with van der Waals surface area (Å²) in [6.07, 6.45) is 5.31. The topological polar surface area (TPSA) is 19.9 Å². The van der Waals surface area contributed by atoms with Crippen molar-refractivity contribution in [3.8, 4) is 0 Å². The first kappa shape index (κ1) is 9.05. The minimum absolute atomic E-state index is 0.0482. The first-order valence-electron chi connectivity index (χ1n) is 4.66. The minimum Gasteiger partial charge on any atom is -0.229 e. The maximum Gasteiger partial charge on any atom is 0.108 e. The van der Waals surface area contributed by atoms with Crippen molar-refractivity contribution in [1.29, 1.82) is 0 Å². The van der Waals surface area contributed by atoms with E-state index in [1.807, 2.05) is 0 Å². The molecule has 1 heteroatoms. The molecule has 11 heavy (non-hydrogen) atoms. The van der Waals surface area contributed by atoms with Crippen molar-refractivity contribution in [2.45, 2.75) is 58.5 Å². The van der Waals surface area contributed by atoms with Gasteiger partial charge in [0.15, 0.2) is 0 Å². The van der Waals surface area contributed by atoms with Crippen LogP contribution < -0.4 is 0 Å². The average Bonchev–Trinajstić information content (AvgIpc) is 1.87. The molecule has 0 aromatic rings. The highest BCUT2D eigenvalue weighted by Crippen LogP contribution is 2.42. The molecule has 1 radical (unpaired) electrons. The molecule has 0 amide bonds. The molecular weight excluding hydrogens is 136 g/mol. The fourth-order valence-corrected chi connectivity index (χ4v) is 1.87. The summed E-state index contributed by atoms with van der Waals surface area (Å²) in [5.74, 6) is 0. The molecule has 1 fully saturated rings. The summed E-state index contributed by atoms with van der Waals surface area (Å²) in [6.45, 7) is 6.22. The van der Waals surface area contributed by atoms with Crippen LogP contribution in [-0.4, -0.2) is 5.60 Å². The third kappa shape index (κ3) is 1.76. The Morgan fingerprint density at radius 2 is 1.45 bits per heavy atom. The third-order valence-corrected chi connectivity index (χ3v) is 3.03. The van der Waals surface area contributed by atoms with Crippen LogP contribution in [0.15, 0.2) is 0 Å². The maximum absolute atomic E-state index is 12.1. The van der Waals surface area contributed by atoms with Crippen molar-refractivity contribution in [3.63, 3.8) is 0 Å². The Bertz CT molecular complexity index is 126. The van der Waals surface area contributed by atoms with Gasteiger partial charge in [-0.25, -0.2) is 5.11 Å². The van der Waals surface area contributed by atoms with E-state index in [-0.39, 0.29) is 5.41 Å². The van der Waals surface area contributed by atoms with Crippen LogP contribution in [0.5, 0.6) is 0 Å². The van der Waals surface area contributed by atoms with Gasteiger partial charge in [0.1, 0.15) is 5.60 Å². The molecule has 1 saturated carbocycles. The molecule has 1 aliphatic carbocycles. The Morgan fingerprint density at radius 1 is 1.00 bits per heavy atom. The van der Waals surface area contributed by atoms with Crippen LogP contribution >= 0.6 is 0 Å². The number of hydrogen-bond acceptors (Lipinski definition) is 0. The molecule has 0 N–H and O–H groups in total. The molecule has 0 unspecified atom stereocenters. The first-order chi connectivity index (χ1) is 4.96. The second-order valence-electron chi connectivity index (χ2n) is 4.80. The quantitative estimate of drug-likeness (QED) is 0.512. The van der Waals surface area contributed by atoms with E-state index in [1.54, 1.807) is 0 Å². The third-order valence-electron chi connectivity index (χ3n) is 3.03. The zero-order valence-electron chi connectivity index (χ0n) is 7.94. The number of rotatable bonds is 0. The molecule has 0 saturated heterocycles. The fraction of sp³-hybridized carbons (Fsp3) is 1.00. The molecule has 0 aliphatic heterocycles. The lowest BCUT2D eigenvalue weighted by molar-refractivity contribution is -0.134. The van der Waals surface area contributed by atoms with Crippen LogP contribution in [0.1, 0.15) is 52.9 Å². The minimum atomic E-state index is -0.634. The summed E-state index contributed by atoms with van der Waals surface area (Å²) in [5, 5.41) is 12.1. The largest absolute Gasteiger partial charge is 0.229 e. The van der Waals surface area contributed by atoms with E-state index in [0.29, 0.717) is 0 Å². The van der Waals surface area contributed by atoms with E-state index >= 15 is 0 Å². The van der Waals surface area contributed by atoms with E-state index in [0.717, 1.165) is 25.7 Å². The molecule has 65 valence electrons. The Hall–Kier alpha value is -0.0400. The molecule has 0 heterocycles. The van der Waals surface area contributed by atoms with Crippen LogP contribution in [0.25, 0.3) is 0 Å². The van der Waals surface area contributed by atoms with Crippen LogP contribution in [0.4, 0.5) is 0 Å². The molecule has 0 aromatic carbocycles. The lowest BCUT2D eigenvalue weighted by atomic mass is 9.68. The van der Waals surface area contributed by atoms with Gasteiger partial charge >= 0.3 is 0 Å². The van der Waals surface area contributed by atoms with E-state index in [9.17, 15) is 5.11 Å². The fourth-order valence-electron chi connectivity index (χ4n) is 1.87. The van der Waals surface area contributed by atoms with Gasteiger partial charge < -0.3 is 0 Å². The predicted octanol–water partition coefficient (Wildman–Crippen LogP) is 3.17. The maximum atomic E-state index is 12.1. The Morgan fingerprint density at radius 3 is 1.73 bits per heavy atom. The van der Waals surface area contributed by atoms with Gasteiger partial charge in [0.2, 0.25) is 0 Å². The summed E-state index contributed by atoms with van der Waals surface area (Å²) in [4.78, 5) is 0. The predicted molar refractivity (Wildman–Crippen MR) is 46.0 cm³/mol. The Kier molecular flexibility index (Phi) is 2.29. The lowest BCUT2D eigenvalue weighted by Gasteiger charge is -2.40. The highest BCUT2D eigenvalue weighted by atomic mass is 16.3. The summed E-state index contributed by atoms with van der Waals surface area (Å²) in [7, 11) is 0. The van der Waals surface area contributed by atoms with Crippen molar-refractivity contribution >= 4 is 0 Å². The second kappa shape index (κ2) is 2.78. The molecule has 0 bridgehead atoms. The summed E-state index contributed by atoms with van der Waals surface area (Å²) < 4.78 is 0. The monoisotopic (exact) mass is 155 g/mol. The van der Waals surface area contributed by atoms with Crippen LogP contribution in [0, 0.1) is 5.41 Å². The first-order valence-corrected chi connectivity index (χ1v) is 4.66. The SMILES string of the molecule is CC(C)(C)C1([O])CCCCC1. The lowest BCUT2D eigenvalue weighted by Crippen LogP contribution is -2.42. The molecule has 1 rings (SSSR count). The van der Waals surface area contributed by atoms with E-state index in [4.69, 9.17) is 0 Å². The molecule has 0 atom stereocenters. The Balaban J connectivity index is 2.64. The average molecular weight is 155 g/mol.